The van der Waals surface area contributed by atoms with Gasteiger partial charge in [0, 0.05) is 37.2 Å². The highest BCUT2D eigenvalue weighted by Crippen LogP contribution is 2.39. The number of rotatable bonds is 3. The van der Waals surface area contributed by atoms with Gasteiger partial charge in [-0.3, -0.25) is 0 Å². The van der Waals surface area contributed by atoms with Gasteiger partial charge in [0.2, 0.25) is 0 Å². The molecule has 1 aromatic rings. The van der Waals surface area contributed by atoms with Crippen LogP contribution < -0.4 is 5.32 Å². The summed E-state index contributed by atoms with van der Waals surface area (Å²) in [6.45, 7) is 5.57. The molecular formula is C18H26N2O2S. The molecule has 23 heavy (non-hydrogen) atoms. The van der Waals surface area contributed by atoms with Gasteiger partial charge in [-0.1, -0.05) is 12.1 Å². The largest absolute Gasteiger partial charge is 0.381 e. The first kappa shape index (κ1) is 16.7. The molecule has 0 saturated carbocycles. The van der Waals surface area contributed by atoms with Crippen LogP contribution in [0.4, 0.5) is 10.5 Å². The zero-order valence-electron chi connectivity index (χ0n) is 14.0. The maximum absolute atomic E-state index is 12.6. The average Bonchev–Trinajstić information content (AvgIpc) is 2.98. The molecule has 1 N–H and O–H groups in total. The van der Waals surface area contributed by atoms with Crippen molar-refractivity contribution in [2.45, 2.75) is 31.4 Å². The Balaban J connectivity index is 1.61. The van der Waals surface area contributed by atoms with E-state index in [4.69, 9.17) is 4.74 Å². The summed E-state index contributed by atoms with van der Waals surface area (Å²) in [5, 5.41) is 3.51. The third kappa shape index (κ3) is 3.83. The minimum Gasteiger partial charge on any atom is -0.381 e. The number of hydrogen-bond acceptors (Lipinski definition) is 3. The fourth-order valence-electron chi connectivity index (χ4n) is 3.53. The summed E-state index contributed by atoms with van der Waals surface area (Å²) in [4.78, 5) is 14.5. The highest BCUT2D eigenvalue weighted by atomic mass is 32.2. The van der Waals surface area contributed by atoms with Gasteiger partial charge < -0.3 is 15.0 Å². The Labute approximate surface area is 143 Å². The minimum atomic E-state index is 0.0299. The highest BCUT2D eigenvalue weighted by Gasteiger charge is 2.40. The molecule has 5 heteroatoms. The van der Waals surface area contributed by atoms with E-state index in [1.807, 2.05) is 28.8 Å². The number of amides is 2. The lowest BCUT2D eigenvalue weighted by Gasteiger charge is -2.33. The smallest absolute Gasteiger partial charge is 0.321 e. The first-order valence-electron chi connectivity index (χ1n) is 8.38. The number of thioether (sulfide) groups is 1. The van der Waals surface area contributed by atoms with Crippen molar-refractivity contribution in [2.75, 3.05) is 37.9 Å². The van der Waals surface area contributed by atoms with Crippen LogP contribution in [0.25, 0.3) is 0 Å². The summed E-state index contributed by atoms with van der Waals surface area (Å²) in [7, 11) is 0. The van der Waals surface area contributed by atoms with Gasteiger partial charge in [0.15, 0.2) is 0 Å². The summed E-state index contributed by atoms with van der Waals surface area (Å²) >= 11 is 1.81. The molecule has 1 atom stereocenters. The van der Waals surface area contributed by atoms with E-state index in [0.717, 1.165) is 51.3 Å². The van der Waals surface area contributed by atoms with Crippen LogP contribution in [-0.4, -0.2) is 43.5 Å². The summed E-state index contributed by atoms with van der Waals surface area (Å²) < 4.78 is 5.47. The summed E-state index contributed by atoms with van der Waals surface area (Å²) in [5.41, 5.74) is 2.43. The lowest BCUT2D eigenvalue weighted by molar-refractivity contribution is 0.0211. The lowest BCUT2D eigenvalue weighted by atomic mass is 9.80. The van der Waals surface area contributed by atoms with Crippen LogP contribution in [0, 0.1) is 5.41 Å². The standard InChI is InChI=1S/C18H26N2O2S/c1-14(23-2)15-4-3-5-16(12-15)19-17(21)20-9-6-18(13-20)7-10-22-11-8-18/h3-5,12,14H,6-11,13H2,1-2H3,(H,19,21). The van der Waals surface area contributed by atoms with Crippen LogP contribution in [0.2, 0.25) is 0 Å². The molecule has 4 nitrogen and oxygen atoms in total. The number of carbonyl (C=O) groups is 1. The molecule has 1 spiro atoms. The zero-order valence-corrected chi connectivity index (χ0v) is 14.8. The van der Waals surface area contributed by atoms with Crippen LogP contribution in [0.3, 0.4) is 0 Å². The molecule has 0 aliphatic carbocycles. The fraction of sp³-hybridized carbons (Fsp3) is 0.611. The van der Waals surface area contributed by atoms with Crippen molar-refractivity contribution in [3.05, 3.63) is 29.8 Å². The first-order valence-corrected chi connectivity index (χ1v) is 9.67. The Morgan fingerprint density at radius 3 is 2.87 bits per heavy atom. The zero-order chi connectivity index (χ0) is 16.3. The number of nitrogens with one attached hydrogen (secondary N) is 1. The molecule has 1 aromatic carbocycles. The van der Waals surface area contributed by atoms with Gasteiger partial charge in [-0.25, -0.2) is 4.79 Å². The molecule has 2 aliphatic heterocycles. The van der Waals surface area contributed by atoms with Crippen LogP contribution in [0.5, 0.6) is 0 Å². The van der Waals surface area contributed by atoms with Crippen LogP contribution in [0.15, 0.2) is 24.3 Å². The van der Waals surface area contributed by atoms with Crippen LogP contribution in [0.1, 0.15) is 37.0 Å². The number of benzene rings is 1. The van der Waals surface area contributed by atoms with E-state index in [2.05, 4.69) is 30.6 Å². The van der Waals surface area contributed by atoms with Crippen molar-refractivity contribution in [1.82, 2.24) is 4.90 Å². The quantitative estimate of drug-likeness (QED) is 0.903. The second-order valence-corrected chi connectivity index (χ2v) is 7.90. The Kier molecular flexibility index (Phi) is 5.17. The van der Waals surface area contributed by atoms with Crippen LogP contribution in [-0.2, 0) is 4.74 Å². The Morgan fingerprint density at radius 1 is 1.35 bits per heavy atom. The molecular weight excluding hydrogens is 308 g/mol. The predicted octanol–water partition coefficient (Wildman–Crippen LogP) is 4.15. The van der Waals surface area contributed by atoms with E-state index in [1.54, 1.807) is 0 Å². The van der Waals surface area contributed by atoms with Gasteiger partial charge >= 0.3 is 6.03 Å². The SMILES string of the molecule is CSC(C)c1cccc(NC(=O)N2CCC3(CCOCC3)C2)c1. The minimum absolute atomic E-state index is 0.0299. The number of nitrogens with zero attached hydrogens (tertiary/aromatic N) is 1. The third-order valence-corrected chi connectivity index (χ3v) is 6.22. The maximum atomic E-state index is 12.6. The van der Waals surface area contributed by atoms with Gasteiger partial charge in [-0.2, -0.15) is 11.8 Å². The van der Waals surface area contributed by atoms with E-state index in [1.165, 1.54) is 5.56 Å². The predicted molar refractivity (Wildman–Crippen MR) is 96.1 cm³/mol. The van der Waals surface area contributed by atoms with Gasteiger partial charge in [-0.05, 0) is 55.6 Å². The Hall–Kier alpha value is -1.20. The normalized spacial score (nSPS) is 21.4. The molecule has 3 rings (SSSR count). The van der Waals surface area contributed by atoms with E-state index in [0.29, 0.717) is 10.7 Å². The summed E-state index contributed by atoms with van der Waals surface area (Å²) in [5.74, 6) is 0. The van der Waals surface area contributed by atoms with Gasteiger partial charge in [0.1, 0.15) is 0 Å². The number of urea groups is 1. The first-order chi connectivity index (χ1) is 11.1. The Bertz CT molecular complexity index is 558. The monoisotopic (exact) mass is 334 g/mol. The number of carbonyl (C=O) groups excluding carboxylic acids is 1. The third-order valence-electron chi connectivity index (χ3n) is 5.24. The number of ether oxygens (including phenoxy) is 1. The molecule has 2 aliphatic rings. The molecule has 2 saturated heterocycles. The van der Waals surface area contributed by atoms with Crippen molar-refractivity contribution < 1.29 is 9.53 Å². The second-order valence-electron chi connectivity index (χ2n) is 6.72. The number of likely N-dealkylation sites (tertiary alicyclic amines) is 1. The molecule has 1 unspecified atom stereocenters. The molecule has 0 aromatic heterocycles. The molecule has 2 amide bonds. The average molecular weight is 334 g/mol. The summed E-state index contributed by atoms with van der Waals surface area (Å²) in [6, 6.07) is 8.21. The number of hydrogen-bond donors (Lipinski definition) is 1. The van der Waals surface area contributed by atoms with Gasteiger partial charge in [-0.15, -0.1) is 0 Å². The second kappa shape index (κ2) is 7.14. The molecule has 0 bridgehead atoms. The van der Waals surface area contributed by atoms with E-state index in [9.17, 15) is 4.79 Å². The van der Waals surface area contributed by atoms with Crippen molar-refractivity contribution in [3.8, 4) is 0 Å². The van der Waals surface area contributed by atoms with E-state index >= 15 is 0 Å². The van der Waals surface area contributed by atoms with Crippen molar-refractivity contribution in [2.24, 2.45) is 5.41 Å². The van der Waals surface area contributed by atoms with Crippen molar-refractivity contribution in [3.63, 3.8) is 0 Å². The van der Waals surface area contributed by atoms with Gasteiger partial charge in [0.25, 0.3) is 0 Å². The molecule has 0 radical (unpaired) electrons. The Morgan fingerprint density at radius 2 is 2.13 bits per heavy atom. The number of anilines is 1. The van der Waals surface area contributed by atoms with Gasteiger partial charge in [0.05, 0.1) is 0 Å². The summed E-state index contributed by atoms with van der Waals surface area (Å²) in [6.07, 6.45) is 5.37. The highest BCUT2D eigenvalue weighted by molar-refractivity contribution is 7.98. The lowest BCUT2D eigenvalue weighted by Crippen LogP contribution is -2.37. The van der Waals surface area contributed by atoms with Crippen LogP contribution >= 0.6 is 11.8 Å². The van der Waals surface area contributed by atoms with Crippen molar-refractivity contribution >= 4 is 23.5 Å². The van der Waals surface area contributed by atoms with E-state index in [-0.39, 0.29) is 6.03 Å². The topological polar surface area (TPSA) is 41.6 Å². The fourth-order valence-corrected chi connectivity index (χ4v) is 3.95. The van der Waals surface area contributed by atoms with E-state index < -0.39 is 0 Å². The molecule has 126 valence electrons. The maximum Gasteiger partial charge on any atom is 0.321 e. The van der Waals surface area contributed by atoms with Crippen molar-refractivity contribution in [1.29, 1.82) is 0 Å². The molecule has 2 heterocycles. The molecule has 2 fully saturated rings.